The van der Waals surface area contributed by atoms with E-state index in [4.69, 9.17) is 4.74 Å². The van der Waals surface area contributed by atoms with Crippen LogP contribution in [-0.4, -0.2) is 21.6 Å². The summed E-state index contributed by atoms with van der Waals surface area (Å²) in [6.45, 7) is 3.96. The van der Waals surface area contributed by atoms with Crippen molar-refractivity contribution in [3.05, 3.63) is 53.1 Å². The number of phenols is 2. The Bertz CT molecular complexity index is 763. The van der Waals surface area contributed by atoms with E-state index in [-0.39, 0.29) is 29.3 Å². The molecule has 0 atom stereocenters. The number of carbonyl (C=O) groups excluding carboxylic acids is 1. The van der Waals surface area contributed by atoms with Crippen LogP contribution in [0.2, 0.25) is 0 Å². The Balaban J connectivity index is 1.87. The zero-order valence-electron chi connectivity index (χ0n) is 14.0. The highest BCUT2D eigenvalue weighted by Gasteiger charge is 2.31. The lowest BCUT2D eigenvalue weighted by Gasteiger charge is -2.34. The minimum atomic E-state index is -0.356. The van der Waals surface area contributed by atoms with E-state index in [1.807, 2.05) is 32.0 Å². The number of hydrogen-bond acceptors (Lipinski definition) is 4. The minimum Gasteiger partial charge on any atom is -0.507 e. The van der Waals surface area contributed by atoms with Crippen molar-refractivity contribution in [2.75, 3.05) is 0 Å². The molecule has 0 amide bonds. The van der Waals surface area contributed by atoms with Crippen molar-refractivity contribution >= 4 is 5.78 Å². The third-order valence-electron chi connectivity index (χ3n) is 4.49. The van der Waals surface area contributed by atoms with Crippen LogP contribution >= 0.6 is 0 Å². The van der Waals surface area contributed by atoms with Gasteiger partial charge in [0.05, 0.1) is 0 Å². The van der Waals surface area contributed by atoms with Gasteiger partial charge in [-0.25, -0.2) is 0 Å². The number of benzene rings is 2. The Hall–Kier alpha value is -2.49. The second-order valence-electron chi connectivity index (χ2n) is 6.85. The molecule has 1 heterocycles. The molecule has 0 aliphatic carbocycles. The Morgan fingerprint density at radius 1 is 1.17 bits per heavy atom. The first kappa shape index (κ1) is 16.4. The maximum Gasteiger partial charge on any atom is 0.163 e. The van der Waals surface area contributed by atoms with E-state index in [1.54, 1.807) is 12.1 Å². The lowest BCUT2D eigenvalue weighted by molar-refractivity contribution is 0.0817. The Morgan fingerprint density at radius 2 is 1.88 bits per heavy atom. The molecule has 0 spiro atoms. The minimum absolute atomic E-state index is 0.0203. The van der Waals surface area contributed by atoms with E-state index in [9.17, 15) is 15.0 Å². The van der Waals surface area contributed by atoms with Gasteiger partial charge in [0.25, 0.3) is 0 Å². The molecule has 2 aromatic carbocycles. The van der Waals surface area contributed by atoms with Gasteiger partial charge in [0, 0.05) is 29.2 Å². The summed E-state index contributed by atoms with van der Waals surface area (Å²) in [5.41, 5.74) is 1.62. The number of hydrogen-bond donors (Lipinski definition) is 2. The molecule has 24 heavy (non-hydrogen) atoms. The van der Waals surface area contributed by atoms with Crippen LogP contribution < -0.4 is 4.74 Å². The van der Waals surface area contributed by atoms with Crippen LogP contribution in [0.15, 0.2) is 36.4 Å². The quantitative estimate of drug-likeness (QED) is 0.833. The molecule has 0 bridgehead atoms. The van der Waals surface area contributed by atoms with E-state index in [0.717, 1.165) is 6.42 Å². The van der Waals surface area contributed by atoms with Gasteiger partial charge in [-0.15, -0.1) is 0 Å². The molecule has 3 rings (SSSR count). The largest absolute Gasteiger partial charge is 0.507 e. The molecule has 4 heteroatoms. The lowest BCUT2D eigenvalue weighted by atomic mass is 9.90. The molecule has 1 aliphatic rings. The van der Waals surface area contributed by atoms with Gasteiger partial charge in [-0.05, 0) is 33.1 Å². The maximum absolute atomic E-state index is 12.3. The normalized spacial score (nSPS) is 15.4. The third kappa shape index (κ3) is 3.23. The van der Waals surface area contributed by atoms with E-state index in [1.165, 1.54) is 6.07 Å². The number of rotatable bonds is 4. The van der Waals surface area contributed by atoms with E-state index >= 15 is 0 Å². The van der Waals surface area contributed by atoms with Gasteiger partial charge in [0.2, 0.25) is 0 Å². The first-order valence-electron chi connectivity index (χ1n) is 8.21. The Labute approximate surface area is 141 Å². The number of aromatic hydroxyl groups is 2. The average Bonchev–Trinajstić information content (AvgIpc) is 2.54. The SMILES string of the molecule is CC1(C)CCc2c(O)cc(O)c(CCC(=O)c3ccccc3)c2O1. The summed E-state index contributed by atoms with van der Waals surface area (Å²) >= 11 is 0. The van der Waals surface area contributed by atoms with Crippen molar-refractivity contribution in [1.82, 2.24) is 0 Å². The van der Waals surface area contributed by atoms with Crippen LogP contribution in [0.25, 0.3) is 0 Å². The smallest absolute Gasteiger partial charge is 0.163 e. The number of Topliss-reactive ketones (excluding diaryl/α,β-unsaturated/α-hetero) is 1. The number of phenolic OH excluding ortho intramolecular Hbond substituents is 2. The van der Waals surface area contributed by atoms with E-state index < -0.39 is 0 Å². The van der Waals surface area contributed by atoms with Crippen LogP contribution in [0.4, 0.5) is 0 Å². The number of ether oxygens (including phenoxy) is 1. The highest BCUT2D eigenvalue weighted by molar-refractivity contribution is 5.96. The zero-order valence-corrected chi connectivity index (χ0v) is 14.0. The fourth-order valence-corrected chi connectivity index (χ4v) is 3.09. The first-order chi connectivity index (χ1) is 11.4. The Morgan fingerprint density at radius 3 is 2.58 bits per heavy atom. The standard InChI is InChI=1S/C20H22O4/c1-20(2)11-10-15-18(23)12-17(22)14(19(15)24-20)8-9-16(21)13-6-4-3-5-7-13/h3-7,12,22-23H,8-11H2,1-2H3. The predicted molar refractivity (Wildman–Crippen MR) is 91.9 cm³/mol. The Kier molecular flexibility index (Phi) is 4.22. The van der Waals surface area contributed by atoms with Gasteiger partial charge in [0.1, 0.15) is 22.8 Å². The van der Waals surface area contributed by atoms with Crippen LogP contribution in [-0.2, 0) is 12.8 Å². The van der Waals surface area contributed by atoms with Crippen LogP contribution in [0.3, 0.4) is 0 Å². The van der Waals surface area contributed by atoms with Crippen LogP contribution in [0.1, 0.15) is 48.2 Å². The van der Waals surface area contributed by atoms with Crippen molar-refractivity contribution in [2.45, 2.75) is 45.1 Å². The monoisotopic (exact) mass is 326 g/mol. The fourth-order valence-electron chi connectivity index (χ4n) is 3.09. The van der Waals surface area contributed by atoms with Crippen molar-refractivity contribution in [3.8, 4) is 17.2 Å². The second-order valence-corrected chi connectivity index (χ2v) is 6.85. The summed E-state index contributed by atoms with van der Waals surface area (Å²) < 4.78 is 6.02. The van der Waals surface area contributed by atoms with Gasteiger partial charge >= 0.3 is 0 Å². The highest BCUT2D eigenvalue weighted by atomic mass is 16.5. The molecule has 0 saturated carbocycles. The zero-order chi connectivity index (χ0) is 17.3. The molecule has 1 aliphatic heterocycles. The molecule has 0 aromatic heterocycles. The van der Waals surface area contributed by atoms with Crippen molar-refractivity contribution < 1.29 is 19.7 Å². The molecule has 2 aromatic rings. The lowest BCUT2D eigenvalue weighted by Crippen LogP contribution is -2.33. The number of carbonyl (C=O) groups is 1. The molecular weight excluding hydrogens is 304 g/mol. The summed E-state index contributed by atoms with van der Waals surface area (Å²) in [7, 11) is 0. The summed E-state index contributed by atoms with van der Waals surface area (Å²) in [5.74, 6) is 0.581. The predicted octanol–water partition coefficient (Wildman–Crippen LogP) is 4.02. The van der Waals surface area contributed by atoms with Gasteiger partial charge in [-0.2, -0.15) is 0 Å². The van der Waals surface area contributed by atoms with Gasteiger partial charge in [-0.3, -0.25) is 4.79 Å². The molecule has 0 unspecified atom stereocenters. The number of ketones is 1. The second kappa shape index (κ2) is 6.19. The summed E-state index contributed by atoms with van der Waals surface area (Å²) in [6, 6.07) is 10.5. The first-order valence-corrected chi connectivity index (χ1v) is 8.21. The van der Waals surface area contributed by atoms with Crippen molar-refractivity contribution in [3.63, 3.8) is 0 Å². The highest BCUT2D eigenvalue weighted by Crippen LogP contribution is 2.45. The van der Waals surface area contributed by atoms with Gasteiger partial charge in [0.15, 0.2) is 5.78 Å². The number of fused-ring (bicyclic) bond motifs is 1. The third-order valence-corrected chi connectivity index (χ3v) is 4.49. The molecule has 0 fully saturated rings. The van der Waals surface area contributed by atoms with Crippen molar-refractivity contribution in [1.29, 1.82) is 0 Å². The van der Waals surface area contributed by atoms with Gasteiger partial charge < -0.3 is 14.9 Å². The van der Waals surface area contributed by atoms with E-state index in [0.29, 0.717) is 35.3 Å². The molecule has 0 saturated heterocycles. The maximum atomic E-state index is 12.3. The van der Waals surface area contributed by atoms with Crippen LogP contribution in [0, 0.1) is 0 Å². The molecule has 0 radical (unpaired) electrons. The average molecular weight is 326 g/mol. The molecular formula is C20H22O4. The van der Waals surface area contributed by atoms with Crippen molar-refractivity contribution in [2.24, 2.45) is 0 Å². The van der Waals surface area contributed by atoms with Gasteiger partial charge in [-0.1, -0.05) is 30.3 Å². The summed E-state index contributed by atoms with van der Waals surface area (Å²) in [6.07, 6.45) is 2.13. The van der Waals surface area contributed by atoms with Crippen LogP contribution in [0.5, 0.6) is 17.2 Å². The molecule has 2 N–H and O–H groups in total. The summed E-state index contributed by atoms with van der Waals surface area (Å²) in [5, 5.41) is 20.3. The van der Waals surface area contributed by atoms with E-state index in [2.05, 4.69) is 0 Å². The topological polar surface area (TPSA) is 66.8 Å². The molecule has 126 valence electrons. The molecule has 4 nitrogen and oxygen atoms in total. The fraction of sp³-hybridized carbons (Fsp3) is 0.350. The summed E-state index contributed by atoms with van der Waals surface area (Å²) in [4.78, 5) is 12.3.